The van der Waals surface area contributed by atoms with E-state index in [0.717, 1.165) is 12.0 Å². The van der Waals surface area contributed by atoms with Crippen molar-refractivity contribution in [2.45, 2.75) is 20.3 Å². The molecule has 2 aromatic rings. The molecule has 0 unspecified atom stereocenters. The van der Waals surface area contributed by atoms with Gasteiger partial charge in [0.1, 0.15) is 0 Å². The van der Waals surface area contributed by atoms with Crippen molar-refractivity contribution in [1.29, 1.82) is 0 Å². The third kappa shape index (κ3) is 6.84. The second kappa shape index (κ2) is 11.1. The van der Waals surface area contributed by atoms with E-state index in [-0.39, 0.29) is 6.61 Å². The highest BCUT2D eigenvalue weighted by molar-refractivity contribution is 6.32. The SMILES string of the molecule is CCOc1cc(/C=C/C(=O)OCC(=O)Nc2cccc(CC)c2)cc(Cl)c1OC. The summed E-state index contributed by atoms with van der Waals surface area (Å²) in [6.07, 6.45) is 3.61. The number of hydrogen-bond donors (Lipinski definition) is 1. The number of hydrogen-bond acceptors (Lipinski definition) is 5. The Morgan fingerprint density at radius 3 is 2.66 bits per heavy atom. The van der Waals surface area contributed by atoms with Crippen LogP contribution < -0.4 is 14.8 Å². The highest BCUT2D eigenvalue weighted by atomic mass is 35.5. The summed E-state index contributed by atoms with van der Waals surface area (Å²) in [6, 6.07) is 10.8. The van der Waals surface area contributed by atoms with Gasteiger partial charge in [0.05, 0.1) is 18.7 Å². The first-order valence-electron chi connectivity index (χ1n) is 9.20. The lowest BCUT2D eigenvalue weighted by atomic mass is 10.1. The molecule has 0 saturated heterocycles. The molecule has 0 saturated carbocycles. The number of nitrogens with one attached hydrogen (secondary N) is 1. The summed E-state index contributed by atoms with van der Waals surface area (Å²) in [5.74, 6) is -0.153. The van der Waals surface area contributed by atoms with Crippen LogP contribution in [0.1, 0.15) is 25.0 Å². The Hall–Kier alpha value is -2.99. The van der Waals surface area contributed by atoms with Crippen molar-refractivity contribution in [3.05, 3.63) is 58.6 Å². The standard InChI is InChI=1S/C22H24ClNO5/c1-4-15-7-6-8-17(11-15)24-20(25)14-29-21(26)10-9-16-12-18(23)22(27-3)19(13-16)28-5-2/h6-13H,4-5,14H2,1-3H3,(H,24,25)/b10-9+. The zero-order valence-corrected chi connectivity index (χ0v) is 17.4. The summed E-state index contributed by atoms with van der Waals surface area (Å²) in [5.41, 5.74) is 2.40. The maximum absolute atomic E-state index is 12.0. The van der Waals surface area contributed by atoms with Gasteiger partial charge in [-0.15, -0.1) is 0 Å². The number of carbonyl (C=O) groups is 2. The van der Waals surface area contributed by atoms with E-state index in [9.17, 15) is 9.59 Å². The van der Waals surface area contributed by atoms with E-state index in [2.05, 4.69) is 5.32 Å². The molecule has 0 aliphatic rings. The molecular weight excluding hydrogens is 394 g/mol. The zero-order valence-electron chi connectivity index (χ0n) is 16.7. The summed E-state index contributed by atoms with van der Waals surface area (Å²) >= 11 is 6.18. The van der Waals surface area contributed by atoms with Crippen molar-refractivity contribution in [2.75, 3.05) is 25.6 Å². The lowest BCUT2D eigenvalue weighted by Crippen LogP contribution is -2.20. The summed E-state index contributed by atoms with van der Waals surface area (Å²) in [5, 5.41) is 3.06. The molecule has 0 radical (unpaired) electrons. The quantitative estimate of drug-likeness (QED) is 0.480. The van der Waals surface area contributed by atoms with Gasteiger partial charge in [-0.25, -0.2) is 4.79 Å². The van der Waals surface area contributed by atoms with E-state index >= 15 is 0 Å². The average Bonchev–Trinajstić information content (AvgIpc) is 2.71. The molecule has 7 heteroatoms. The fourth-order valence-electron chi connectivity index (χ4n) is 2.56. The van der Waals surface area contributed by atoms with Crippen LogP contribution in [-0.2, 0) is 20.7 Å². The van der Waals surface area contributed by atoms with Crippen LogP contribution in [0.25, 0.3) is 6.08 Å². The average molecular weight is 418 g/mol. The number of ether oxygens (including phenoxy) is 3. The molecule has 0 aromatic heterocycles. The second-order valence-electron chi connectivity index (χ2n) is 6.01. The molecule has 0 heterocycles. The molecular formula is C22H24ClNO5. The zero-order chi connectivity index (χ0) is 21.2. The lowest BCUT2D eigenvalue weighted by Gasteiger charge is -2.11. The Bertz CT molecular complexity index is 895. The van der Waals surface area contributed by atoms with Crippen LogP contribution in [0, 0.1) is 0 Å². The molecule has 154 valence electrons. The number of amides is 1. The highest BCUT2D eigenvalue weighted by Crippen LogP contribution is 2.36. The molecule has 1 amide bonds. The van der Waals surface area contributed by atoms with Crippen LogP contribution in [0.15, 0.2) is 42.5 Å². The topological polar surface area (TPSA) is 73.9 Å². The fraction of sp³-hybridized carbons (Fsp3) is 0.273. The summed E-state index contributed by atoms with van der Waals surface area (Å²) in [7, 11) is 1.50. The number of carbonyl (C=O) groups excluding carboxylic acids is 2. The van der Waals surface area contributed by atoms with E-state index in [1.807, 2.05) is 32.0 Å². The largest absolute Gasteiger partial charge is 0.491 e. The van der Waals surface area contributed by atoms with E-state index in [1.54, 1.807) is 18.2 Å². The Balaban J connectivity index is 1.93. The predicted octanol–water partition coefficient (Wildman–Crippen LogP) is 4.50. The molecule has 29 heavy (non-hydrogen) atoms. The van der Waals surface area contributed by atoms with Crippen molar-refractivity contribution in [3.63, 3.8) is 0 Å². The van der Waals surface area contributed by atoms with E-state index in [4.69, 9.17) is 25.8 Å². The summed E-state index contributed by atoms with van der Waals surface area (Å²) in [6.45, 7) is 3.93. The minimum atomic E-state index is -0.646. The van der Waals surface area contributed by atoms with Gasteiger partial charge in [0.25, 0.3) is 5.91 Å². The molecule has 0 aliphatic heterocycles. The van der Waals surface area contributed by atoms with E-state index < -0.39 is 11.9 Å². The van der Waals surface area contributed by atoms with Gasteiger partial charge >= 0.3 is 5.97 Å². The maximum Gasteiger partial charge on any atom is 0.331 e. The van der Waals surface area contributed by atoms with Gasteiger partial charge in [-0.1, -0.05) is 30.7 Å². The number of benzene rings is 2. The second-order valence-corrected chi connectivity index (χ2v) is 6.42. The number of aryl methyl sites for hydroxylation is 1. The first kappa shape index (κ1) is 22.3. The molecule has 1 N–H and O–H groups in total. The molecule has 0 spiro atoms. The number of methoxy groups -OCH3 is 1. The molecule has 6 nitrogen and oxygen atoms in total. The highest BCUT2D eigenvalue weighted by Gasteiger charge is 2.11. The van der Waals surface area contributed by atoms with Crippen molar-refractivity contribution >= 4 is 35.2 Å². The Morgan fingerprint density at radius 2 is 1.97 bits per heavy atom. The van der Waals surface area contributed by atoms with Crippen molar-refractivity contribution in [3.8, 4) is 11.5 Å². The predicted molar refractivity (Wildman–Crippen MR) is 114 cm³/mol. The lowest BCUT2D eigenvalue weighted by molar-refractivity contribution is -0.142. The van der Waals surface area contributed by atoms with Gasteiger partial charge in [0, 0.05) is 11.8 Å². The monoisotopic (exact) mass is 417 g/mol. The molecule has 0 fully saturated rings. The van der Waals surface area contributed by atoms with Crippen LogP contribution >= 0.6 is 11.6 Å². The van der Waals surface area contributed by atoms with Crippen LogP contribution in [0.3, 0.4) is 0 Å². The van der Waals surface area contributed by atoms with Gasteiger partial charge in [-0.05, 0) is 54.8 Å². The molecule has 0 aliphatic carbocycles. The first-order valence-corrected chi connectivity index (χ1v) is 9.58. The number of halogens is 1. The third-order valence-electron chi connectivity index (χ3n) is 3.91. The van der Waals surface area contributed by atoms with E-state index in [1.165, 1.54) is 19.3 Å². The van der Waals surface area contributed by atoms with Crippen LogP contribution in [-0.4, -0.2) is 32.2 Å². The Labute approximate surface area is 175 Å². The van der Waals surface area contributed by atoms with Crippen molar-refractivity contribution < 1.29 is 23.8 Å². The third-order valence-corrected chi connectivity index (χ3v) is 4.19. The van der Waals surface area contributed by atoms with Gasteiger partial charge < -0.3 is 19.5 Å². The summed E-state index contributed by atoms with van der Waals surface area (Å²) in [4.78, 5) is 23.9. The van der Waals surface area contributed by atoms with Crippen molar-refractivity contribution in [2.24, 2.45) is 0 Å². The Kier molecular flexibility index (Phi) is 8.55. The molecule has 0 bridgehead atoms. The van der Waals surface area contributed by atoms with Crippen molar-refractivity contribution in [1.82, 2.24) is 0 Å². The normalized spacial score (nSPS) is 10.6. The maximum atomic E-state index is 12.0. The smallest absolute Gasteiger partial charge is 0.331 e. The van der Waals surface area contributed by atoms with Gasteiger partial charge in [-0.2, -0.15) is 0 Å². The van der Waals surface area contributed by atoms with Gasteiger partial charge in [-0.3, -0.25) is 4.79 Å². The van der Waals surface area contributed by atoms with E-state index in [0.29, 0.717) is 34.4 Å². The number of anilines is 1. The molecule has 2 rings (SSSR count). The minimum absolute atomic E-state index is 0.361. The Morgan fingerprint density at radius 1 is 1.17 bits per heavy atom. The molecule has 0 atom stereocenters. The summed E-state index contributed by atoms with van der Waals surface area (Å²) < 4.78 is 15.7. The van der Waals surface area contributed by atoms with Gasteiger partial charge in [0.2, 0.25) is 0 Å². The molecule has 2 aromatic carbocycles. The fourth-order valence-corrected chi connectivity index (χ4v) is 2.86. The van der Waals surface area contributed by atoms with Gasteiger partial charge in [0.15, 0.2) is 18.1 Å². The van der Waals surface area contributed by atoms with Crippen LogP contribution in [0.5, 0.6) is 11.5 Å². The van der Waals surface area contributed by atoms with Crippen LogP contribution in [0.2, 0.25) is 5.02 Å². The minimum Gasteiger partial charge on any atom is -0.491 e. The first-order chi connectivity index (χ1) is 14.0. The number of esters is 1. The van der Waals surface area contributed by atoms with Crippen LogP contribution in [0.4, 0.5) is 5.69 Å². The number of rotatable bonds is 9.